The third-order valence-electron chi connectivity index (χ3n) is 4.81. The van der Waals surface area contributed by atoms with Crippen molar-refractivity contribution in [2.75, 3.05) is 19.1 Å². The second-order valence-electron chi connectivity index (χ2n) is 6.60. The molecule has 1 aliphatic heterocycles. The van der Waals surface area contributed by atoms with Crippen LogP contribution in [0.4, 0.5) is 5.69 Å². The lowest BCUT2D eigenvalue weighted by Crippen LogP contribution is -2.33. The molecule has 4 rings (SSSR count). The van der Waals surface area contributed by atoms with Crippen LogP contribution >= 0.6 is 0 Å². The van der Waals surface area contributed by atoms with Gasteiger partial charge in [-0.3, -0.25) is 20.3 Å². The topological polar surface area (TPSA) is 84.8 Å². The Bertz CT molecular complexity index is 1030. The molecular formula is C21H22N6O2. The second-order valence-corrected chi connectivity index (χ2v) is 6.60. The number of benzene rings is 1. The summed E-state index contributed by atoms with van der Waals surface area (Å²) in [7, 11) is 3.26. The van der Waals surface area contributed by atoms with E-state index in [4.69, 9.17) is 9.47 Å². The number of aromatic nitrogens is 3. The quantitative estimate of drug-likeness (QED) is 0.715. The Morgan fingerprint density at radius 3 is 2.45 bits per heavy atom. The Balaban J connectivity index is 1.64. The van der Waals surface area contributed by atoms with Crippen LogP contribution in [-0.2, 0) is 0 Å². The highest BCUT2D eigenvalue weighted by Gasteiger charge is 2.29. The summed E-state index contributed by atoms with van der Waals surface area (Å²) in [5.74, 6) is 2.18. The average Bonchev–Trinajstić information content (AvgIpc) is 3.15. The molecule has 29 heavy (non-hydrogen) atoms. The molecule has 8 nitrogen and oxygen atoms in total. The zero-order valence-electron chi connectivity index (χ0n) is 16.7. The maximum absolute atomic E-state index is 5.54. The molecule has 3 aromatic rings. The summed E-state index contributed by atoms with van der Waals surface area (Å²) in [6.07, 6.45) is 4.99. The molecule has 0 radical (unpaired) electrons. The summed E-state index contributed by atoms with van der Waals surface area (Å²) in [5, 5.41) is 4.36. The van der Waals surface area contributed by atoms with E-state index >= 15 is 0 Å². The number of nitrogens with zero attached hydrogens (tertiary/aromatic N) is 5. The number of ether oxygens (including phenoxy) is 2. The van der Waals surface area contributed by atoms with Crippen molar-refractivity contribution >= 4 is 11.5 Å². The lowest BCUT2D eigenvalue weighted by atomic mass is 10.1. The SMILES string of the molecule is COc1ccc(N2C(C)=NNC2c2cnc(-c3cccc(C)c3OC)cn2)cn1. The molecule has 1 unspecified atom stereocenters. The van der Waals surface area contributed by atoms with Crippen molar-refractivity contribution in [1.82, 2.24) is 20.4 Å². The van der Waals surface area contributed by atoms with Crippen molar-refractivity contribution in [3.05, 3.63) is 60.2 Å². The van der Waals surface area contributed by atoms with Crippen LogP contribution in [0.25, 0.3) is 11.3 Å². The first-order chi connectivity index (χ1) is 14.1. The zero-order chi connectivity index (χ0) is 20.4. The highest BCUT2D eigenvalue weighted by atomic mass is 16.5. The Kier molecular flexibility index (Phi) is 4.99. The first-order valence-corrected chi connectivity index (χ1v) is 9.17. The summed E-state index contributed by atoms with van der Waals surface area (Å²) in [4.78, 5) is 15.6. The molecule has 1 aliphatic rings. The number of pyridine rings is 1. The van der Waals surface area contributed by atoms with E-state index in [0.29, 0.717) is 5.88 Å². The minimum atomic E-state index is -0.272. The molecule has 0 aliphatic carbocycles. The Morgan fingerprint density at radius 2 is 1.79 bits per heavy atom. The number of para-hydroxylation sites is 1. The van der Waals surface area contributed by atoms with Gasteiger partial charge in [0.15, 0.2) is 6.17 Å². The number of amidine groups is 1. The van der Waals surface area contributed by atoms with Crippen LogP contribution in [0.3, 0.4) is 0 Å². The van der Waals surface area contributed by atoms with E-state index in [2.05, 4.69) is 25.5 Å². The van der Waals surface area contributed by atoms with Crippen molar-refractivity contribution in [3.8, 4) is 22.9 Å². The van der Waals surface area contributed by atoms with E-state index in [-0.39, 0.29) is 6.17 Å². The first kappa shape index (κ1) is 18.7. The number of hydrogen-bond acceptors (Lipinski definition) is 8. The normalized spacial score (nSPS) is 15.7. The molecule has 0 bridgehead atoms. The average molecular weight is 390 g/mol. The van der Waals surface area contributed by atoms with Gasteiger partial charge in [-0.25, -0.2) is 4.98 Å². The lowest BCUT2D eigenvalue weighted by molar-refractivity contribution is 0.398. The van der Waals surface area contributed by atoms with Crippen molar-refractivity contribution < 1.29 is 9.47 Å². The fourth-order valence-corrected chi connectivity index (χ4v) is 3.37. The van der Waals surface area contributed by atoms with Gasteiger partial charge in [-0.05, 0) is 31.5 Å². The molecule has 0 saturated carbocycles. The van der Waals surface area contributed by atoms with Gasteiger partial charge in [0, 0.05) is 11.6 Å². The van der Waals surface area contributed by atoms with Crippen molar-refractivity contribution in [1.29, 1.82) is 0 Å². The molecular weight excluding hydrogens is 368 g/mol. The lowest BCUT2D eigenvalue weighted by Gasteiger charge is -2.25. The summed E-state index contributed by atoms with van der Waals surface area (Å²) < 4.78 is 10.7. The van der Waals surface area contributed by atoms with Gasteiger partial charge in [-0.15, -0.1) is 0 Å². The van der Waals surface area contributed by atoms with Gasteiger partial charge in [-0.2, -0.15) is 5.10 Å². The second kappa shape index (κ2) is 7.75. The predicted molar refractivity (Wildman–Crippen MR) is 111 cm³/mol. The van der Waals surface area contributed by atoms with Crippen LogP contribution < -0.4 is 19.8 Å². The van der Waals surface area contributed by atoms with Crippen molar-refractivity contribution in [2.45, 2.75) is 20.0 Å². The van der Waals surface area contributed by atoms with Crippen molar-refractivity contribution in [2.24, 2.45) is 5.10 Å². The summed E-state index contributed by atoms with van der Waals surface area (Å²) in [6.45, 7) is 3.93. The van der Waals surface area contributed by atoms with Gasteiger partial charge < -0.3 is 9.47 Å². The fourth-order valence-electron chi connectivity index (χ4n) is 3.37. The number of hydrogen-bond donors (Lipinski definition) is 1. The number of nitrogens with one attached hydrogen (secondary N) is 1. The summed E-state index contributed by atoms with van der Waals surface area (Å²) >= 11 is 0. The molecule has 1 N–H and O–H groups in total. The van der Waals surface area contributed by atoms with E-state index < -0.39 is 0 Å². The molecule has 0 fully saturated rings. The third-order valence-corrected chi connectivity index (χ3v) is 4.81. The highest BCUT2D eigenvalue weighted by molar-refractivity contribution is 5.97. The minimum absolute atomic E-state index is 0.272. The van der Waals surface area contributed by atoms with Gasteiger partial charge >= 0.3 is 0 Å². The minimum Gasteiger partial charge on any atom is -0.496 e. The van der Waals surface area contributed by atoms with Gasteiger partial charge in [0.05, 0.1) is 44.2 Å². The maximum Gasteiger partial charge on any atom is 0.213 e. The third kappa shape index (κ3) is 3.44. The van der Waals surface area contributed by atoms with E-state index in [9.17, 15) is 0 Å². The van der Waals surface area contributed by atoms with E-state index in [1.807, 2.05) is 49.1 Å². The number of anilines is 1. The number of aryl methyl sites for hydroxylation is 1. The smallest absolute Gasteiger partial charge is 0.213 e. The van der Waals surface area contributed by atoms with Gasteiger partial charge in [-0.1, -0.05) is 12.1 Å². The number of rotatable bonds is 5. The predicted octanol–water partition coefficient (Wildman–Crippen LogP) is 3.31. The molecule has 0 saturated heterocycles. The van der Waals surface area contributed by atoms with Crippen molar-refractivity contribution in [3.63, 3.8) is 0 Å². The molecule has 2 aromatic heterocycles. The van der Waals surface area contributed by atoms with E-state index in [1.54, 1.807) is 32.8 Å². The Morgan fingerprint density at radius 1 is 0.931 bits per heavy atom. The fraction of sp³-hybridized carbons (Fsp3) is 0.238. The molecule has 1 atom stereocenters. The largest absolute Gasteiger partial charge is 0.496 e. The highest BCUT2D eigenvalue weighted by Crippen LogP contribution is 2.32. The van der Waals surface area contributed by atoms with Gasteiger partial charge in [0.1, 0.15) is 17.3 Å². The molecule has 148 valence electrons. The number of hydrazone groups is 1. The van der Waals surface area contributed by atoms with Crippen LogP contribution in [0.15, 0.2) is 54.0 Å². The van der Waals surface area contributed by atoms with Crippen LogP contribution in [0.1, 0.15) is 24.3 Å². The maximum atomic E-state index is 5.54. The molecule has 0 amide bonds. The number of methoxy groups -OCH3 is 2. The molecule has 0 spiro atoms. The van der Waals surface area contributed by atoms with Crippen LogP contribution in [-0.4, -0.2) is 35.0 Å². The molecule has 1 aromatic carbocycles. The zero-order valence-corrected chi connectivity index (χ0v) is 16.7. The molecule has 8 heteroatoms. The standard InChI is InChI=1S/C21H22N6O2/c1-13-6-5-7-16(20(13)29-4)17-11-23-18(12-22-17)21-26-25-14(2)27(21)15-8-9-19(28-3)24-10-15/h5-12,21,26H,1-4H3. The summed E-state index contributed by atoms with van der Waals surface area (Å²) in [5.41, 5.74) is 7.46. The summed E-state index contributed by atoms with van der Waals surface area (Å²) in [6, 6.07) is 9.72. The van der Waals surface area contributed by atoms with E-state index in [1.165, 1.54) is 0 Å². The first-order valence-electron chi connectivity index (χ1n) is 9.17. The molecule has 3 heterocycles. The van der Waals surface area contributed by atoms with Crippen LogP contribution in [0, 0.1) is 6.92 Å². The van der Waals surface area contributed by atoms with Gasteiger partial charge in [0.2, 0.25) is 5.88 Å². The van der Waals surface area contributed by atoms with Crippen LogP contribution in [0.2, 0.25) is 0 Å². The Hall–Kier alpha value is -3.68. The Labute approximate surface area is 169 Å². The van der Waals surface area contributed by atoms with Crippen LogP contribution in [0.5, 0.6) is 11.6 Å². The monoisotopic (exact) mass is 390 g/mol. The van der Waals surface area contributed by atoms with E-state index in [0.717, 1.165) is 39.8 Å². The van der Waals surface area contributed by atoms with Gasteiger partial charge in [0.25, 0.3) is 0 Å².